The molecule has 2 aromatic rings. The second kappa shape index (κ2) is 6.15. The zero-order valence-electron chi connectivity index (χ0n) is 13.7. The molecule has 1 N–H and O–H groups in total. The molecule has 2 heterocycles. The minimum Gasteiger partial charge on any atom is -0.496 e. The van der Waals surface area contributed by atoms with Crippen molar-refractivity contribution in [2.45, 2.75) is 32.0 Å². The van der Waals surface area contributed by atoms with Crippen LogP contribution in [0.15, 0.2) is 42.7 Å². The lowest BCUT2D eigenvalue weighted by molar-refractivity contribution is 0.192. The zero-order chi connectivity index (χ0) is 16.5. The predicted octanol–water partition coefficient (Wildman–Crippen LogP) is 3.27. The van der Waals surface area contributed by atoms with Crippen LogP contribution in [0.5, 0.6) is 5.75 Å². The van der Waals surface area contributed by atoms with E-state index in [1.807, 2.05) is 35.4 Å². The summed E-state index contributed by atoms with van der Waals surface area (Å²) in [5.41, 5.74) is 3.36. The van der Waals surface area contributed by atoms with E-state index >= 15 is 0 Å². The van der Waals surface area contributed by atoms with E-state index in [0.717, 1.165) is 35.3 Å². The van der Waals surface area contributed by atoms with Gasteiger partial charge in [0, 0.05) is 24.5 Å². The summed E-state index contributed by atoms with van der Waals surface area (Å²) in [5.74, 6) is 1.38. The number of aromatic nitrogens is 1. The van der Waals surface area contributed by atoms with Gasteiger partial charge in [-0.05, 0) is 42.0 Å². The van der Waals surface area contributed by atoms with Gasteiger partial charge in [-0.1, -0.05) is 18.2 Å². The third kappa shape index (κ3) is 2.82. The molecule has 0 saturated heterocycles. The summed E-state index contributed by atoms with van der Waals surface area (Å²) in [6.07, 6.45) is 5.94. The number of carbonyl (C=O) groups is 1. The largest absolute Gasteiger partial charge is 0.496 e. The summed E-state index contributed by atoms with van der Waals surface area (Å²) in [4.78, 5) is 18.8. The SMILES string of the molecule is COc1cccc2c1CN(C(=O)NC(c1cccnc1)C1CC1)C2. The van der Waals surface area contributed by atoms with Gasteiger partial charge in [0.15, 0.2) is 0 Å². The molecule has 1 fully saturated rings. The van der Waals surface area contributed by atoms with Crippen LogP contribution in [0, 0.1) is 5.92 Å². The molecular weight excluding hydrogens is 302 g/mol. The van der Waals surface area contributed by atoms with Crippen LogP contribution in [0.1, 0.15) is 35.6 Å². The number of carbonyl (C=O) groups excluding carboxylic acids is 1. The molecular formula is C19H21N3O2. The number of hydrogen-bond donors (Lipinski definition) is 1. The molecule has 1 unspecified atom stereocenters. The molecule has 5 heteroatoms. The van der Waals surface area contributed by atoms with Crippen LogP contribution in [0.2, 0.25) is 0 Å². The molecule has 124 valence electrons. The highest BCUT2D eigenvalue weighted by Gasteiger charge is 2.35. The second-order valence-electron chi connectivity index (χ2n) is 6.50. The topological polar surface area (TPSA) is 54.5 Å². The molecule has 1 aromatic carbocycles. The Morgan fingerprint density at radius 3 is 2.88 bits per heavy atom. The van der Waals surface area contributed by atoms with Gasteiger partial charge >= 0.3 is 6.03 Å². The predicted molar refractivity (Wildman–Crippen MR) is 90.5 cm³/mol. The number of nitrogens with zero attached hydrogens (tertiary/aromatic N) is 2. The van der Waals surface area contributed by atoms with E-state index in [9.17, 15) is 4.79 Å². The average molecular weight is 323 g/mol. The molecule has 1 saturated carbocycles. The standard InChI is InChI=1S/C19H21N3O2/c1-24-17-6-2-4-15-11-22(12-16(15)17)19(23)21-18(13-7-8-13)14-5-3-9-20-10-14/h2-6,9-10,13,18H,7-8,11-12H2,1H3,(H,21,23). The number of amides is 2. The van der Waals surface area contributed by atoms with Gasteiger partial charge in [0.2, 0.25) is 0 Å². The van der Waals surface area contributed by atoms with Gasteiger partial charge < -0.3 is 15.0 Å². The van der Waals surface area contributed by atoms with Gasteiger partial charge in [0.05, 0.1) is 19.7 Å². The van der Waals surface area contributed by atoms with Crippen LogP contribution >= 0.6 is 0 Å². The van der Waals surface area contributed by atoms with Crippen molar-refractivity contribution in [2.24, 2.45) is 5.92 Å². The van der Waals surface area contributed by atoms with Crippen molar-refractivity contribution in [3.8, 4) is 5.75 Å². The van der Waals surface area contributed by atoms with Gasteiger partial charge in [0.25, 0.3) is 0 Å². The van der Waals surface area contributed by atoms with Crippen LogP contribution in [0.4, 0.5) is 4.79 Å². The summed E-state index contributed by atoms with van der Waals surface area (Å²) in [5, 5.41) is 3.22. The van der Waals surface area contributed by atoms with Crippen molar-refractivity contribution >= 4 is 6.03 Å². The van der Waals surface area contributed by atoms with Crippen molar-refractivity contribution in [3.05, 3.63) is 59.4 Å². The fourth-order valence-corrected chi connectivity index (χ4v) is 3.41. The smallest absolute Gasteiger partial charge is 0.318 e. The molecule has 2 amide bonds. The monoisotopic (exact) mass is 323 g/mol. The van der Waals surface area contributed by atoms with Crippen molar-refractivity contribution < 1.29 is 9.53 Å². The lowest BCUT2D eigenvalue weighted by Crippen LogP contribution is -2.39. The first-order valence-electron chi connectivity index (χ1n) is 8.36. The van der Waals surface area contributed by atoms with Crippen molar-refractivity contribution in [1.29, 1.82) is 0 Å². The highest BCUT2D eigenvalue weighted by atomic mass is 16.5. The molecule has 5 nitrogen and oxygen atoms in total. The first-order valence-corrected chi connectivity index (χ1v) is 8.36. The van der Waals surface area contributed by atoms with Crippen molar-refractivity contribution in [1.82, 2.24) is 15.2 Å². The number of ether oxygens (including phenoxy) is 1. The number of nitrogens with one attached hydrogen (secondary N) is 1. The number of fused-ring (bicyclic) bond motifs is 1. The summed E-state index contributed by atoms with van der Waals surface area (Å²) in [6.45, 7) is 1.22. The Bertz CT molecular complexity index is 744. The van der Waals surface area contributed by atoms with Crippen LogP contribution < -0.4 is 10.1 Å². The van der Waals surface area contributed by atoms with E-state index in [4.69, 9.17) is 4.74 Å². The first-order chi connectivity index (χ1) is 11.8. The van der Waals surface area contributed by atoms with E-state index in [1.165, 1.54) is 0 Å². The fraction of sp³-hybridized carbons (Fsp3) is 0.368. The Morgan fingerprint density at radius 1 is 1.29 bits per heavy atom. The maximum atomic E-state index is 12.8. The molecule has 0 spiro atoms. The van der Waals surface area contributed by atoms with Crippen LogP contribution in [-0.4, -0.2) is 23.0 Å². The van der Waals surface area contributed by atoms with Crippen molar-refractivity contribution in [3.63, 3.8) is 0 Å². The summed E-state index contributed by atoms with van der Waals surface area (Å²) < 4.78 is 5.42. The maximum absolute atomic E-state index is 12.8. The number of benzene rings is 1. The fourth-order valence-electron chi connectivity index (χ4n) is 3.41. The number of pyridine rings is 1. The van der Waals surface area contributed by atoms with Crippen LogP contribution in [-0.2, 0) is 13.1 Å². The Kier molecular flexibility index (Phi) is 3.84. The Balaban J connectivity index is 1.49. The molecule has 1 atom stereocenters. The van der Waals surface area contributed by atoms with Crippen LogP contribution in [0.3, 0.4) is 0 Å². The Labute approximate surface area is 141 Å². The van der Waals surface area contributed by atoms with E-state index in [-0.39, 0.29) is 12.1 Å². The van der Waals surface area contributed by atoms with Gasteiger partial charge in [0.1, 0.15) is 5.75 Å². The number of hydrogen-bond acceptors (Lipinski definition) is 3. The molecule has 1 aliphatic heterocycles. The molecule has 0 radical (unpaired) electrons. The molecule has 4 rings (SSSR count). The van der Waals surface area contributed by atoms with E-state index in [0.29, 0.717) is 19.0 Å². The summed E-state index contributed by atoms with van der Waals surface area (Å²) in [6, 6.07) is 9.98. The zero-order valence-corrected chi connectivity index (χ0v) is 13.7. The van der Waals surface area contributed by atoms with Crippen molar-refractivity contribution in [2.75, 3.05) is 7.11 Å². The highest BCUT2D eigenvalue weighted by Crippen LogP contribution is 2.41. The van der Waals surface area contributed by atoms with Gasteiger partial charge in [-0.25, -0.2) is 4.79 Å². The third-order valence-electron chi connectivity index (χ3n) is 4.86. The highest BCUT2D eigenvalue weighted by molar-refractivity contribution is 5.76. The van der Waals surface area contributed by atoms with Gasteiger partial charge in [-0.15, -0.1) is 0 Å². The number of rotatable bonds is 4. The average Bonchev–Trinajstić information content (AvgIpc) is 3.36. The minimum atomic E-state index is -0.0194. The maximum Gasteiger partial charge on any atom is 0.318 e. The lowest BCUT2D eigenvalue weighted by Gasteiger charge is -2.23. The Hall–Kier alpha value is -2.56. The van der Waals surface area contributed by atoms with Crippen LogP contribution in [0.25, 0.3) is 0 Å². The molecule has 2 aliphatic rings. The molecule has 24 heavy (non-hydrogen) atoms. The van der Waals surface area contributed by atoms with E-state index in [1.54, 1.807) is 13.3 Å². The number of urea groups is 1. The summed E-state index contributed by atoms with van der Waals surface area (Å²) >= 11 is 0. The molecule has 1 aromatic heterocycles. The molecule has 1 aliphatic carbocycles. The van der Waals surface area contributed by atoms with Gasteiger partial charge in [-0.2, -0.15) is 0 Å². The normalized spacial score (nSPS) is 17.3. The second-order valence-corrected chi connectivity index (χ2v) is 6.50. The van der Waals surface area contributed by atoms with Gasteiger partial charge in [-0.3, -0.25) is 4.98 Å². The quantitative estimate of drug-likeness (QED) is 0.939. The summed E-state index contributed by atoms with van der Waals surface area (Å²) in [7, 11) is 1.67. The van der Waals surface area contributed by atoms with E-state index in [2.05, 4.69) is 16.4 Å². The number of methoxy groups -OCH3 is 1. The molecule has 0 bridgehead atoms. The lowest BCUT2D eigenvalue weighted by atomic mass is 10.1. The first kappa shape index (κ1) is 15.0. The minimum absolute atomic E-state index is 0.0194. The van der Waals surface area contributed by atoms with E-state index < -0.39 is 0 Å². The third-order valence-corrected chi connectivity index (χ3v) is 4.86. The Morgan fingerprint density at radius 2 is 2.17 bits per heavy atom.